The number of aliphatic hydroxyl groups is 1. The van der Waals surface area contributed by atoms with E-state index in [1.165, 1.54) is 17.3 Å². The van der Waals surface area contributed by atoms with Gasteiger partial charge in [-0.25, -0.2) is 28.7 Å². The molecular weight excluding hydrogens is 408 g/mol. The normalized spacial score (nSPS) is 21.7. The molecule has 1 saturated heterocycles. The van der Waals surface area contributed by atoms with Crippen molar-refractivity contribution >= 4 is 29.2 Å². The number of rotatable bonds is 3. The van der Waals surface area contributed by atoms with Gasteiger partial charge in [-0.3, -0.25) is 9.69 Å². The first-order valence-electron chi connectivity index (χ1n) is 10.4. The zero-order valence-electron chi connectivity index (χ0n) is 16.9. The van der Waals surface area contributed by atoms with Gasteiger partial charge in [-0.05, 0) is 12.8 Å². The van der Waals surface area contributed by atoms with Crippen molar-refractivity contribution in [3.05, 3.63) is 23.8 Å². The molecule has 0 aromatic carbocycles. The summed E-state index contributed by atoms with van der Waals surface area (Å²) in [5.74, 6) is -1.75. The van der Waals surface area contributed by atoms with Crippen molar-refractivity contribution in [2.75, 3.05) is 28.6 Å². The molecule has 3 N–H and O–H groups in total. The SMILES string of the molecule is Nc1nc(CO)nc2c1C1(CCCC1)C(=O)N2c1cnc(N2CCC(F)(F)CC2)nc1. The number of piperidine rings is 1. The van der Waals surface area contributed by atoms with E-state index < -0.39 is 17.9 Å². The van der Waals surface area contributed by atoms with Crippen LogP contribution in [0.4, 0.5) is 32.1 Å². The van der Waals surface area contributed by atoms with E-state index in [0.717, 1.165) is 12.8 Å². The lowest BCUT2D eigenvalue weighted by Gasteiger charge is -2.31. The second-order valence-electron chi connectivity index (χ2n) is 8.40. The van der Waals surface area contributed by atoms with E-state index in [1.807, 2.05) is 0 Å². The maximum Gasteiger partial charge on any atom is 0.251 e. The molecule has 0 radical (unpaired) electrons. The molecule has 4 heterocycles. The molecule has 5 rings (SSSR count). The van der Waals surface area contributed by atoms with Crippen LogP contribution < -0.4 is 15.5 Å². The molecule has 0 bridgehead atoms. The summed E-state index contributed by atoms with van der Waals surface area (Å²) in [4.78, 5) is 34.0. The van der Waals surface area contributed by atoms with Gasteiger partial charge in [0.1, 0.15) is 18.2 Å². The number of fused-ring (bicyclic) bond motifs is 2. The summed E-state index contributed by atoms with van der Waals surface area (Å²) in [6.45, 7) is -0.0589. The largest absolute Gasteiger partial charge is 0.388 e. The van der Waals surface area contributed by atoms with E-state index in [2.05, 4.69) is 19.9 Å². The third-order valence-corrected chi connectivity index (χ3v) is 6.53. The Morgan fingerprint density at radius 3 is 2.32 bits per heavy atom. The van der Waals surface area contributed by atoms with Crippen molar-refractivity contribution in [2.45, 2.75) is 56.5 Å². The van der Waals surface area contributed by atoms with Crippen LogP contribution in [-0.2, 0) is 16.8 Å². The number of aromatic nitrogens is 4. The van der Waals surface area contributed by atoms with E-state index in [1.54, 1.807) is 4.90 Å². The van der Waals surface area contributed by atoms with Crippen molar-refractivity contribution in [1.82, 2.24) is 19.9 Å². The average Bonchev–Trinajstić information content (AvgIpc) is 3.33. The van der Waals surface area contributed by atoms with Crippen LogP contribution in [0.25, 0.3) is 0 Å². The predicted octanol–water partition coefficient (Wildman–Crippen LogP) is 2.07. The summed E-state index contributed by atoms with van der Waals surface area (Å²) in [5, 5.41) is 9.52. The topological polar surface area (TPSA) is 121 Å². The molecule has 0 unspecified atom stereocenters. The molecule has 0 atom stereocenters. The first kappa shape index (κ1) is 20.0. The van der Waals surface area contributed by atoms with Crippen molar-refractivity contribution in [1.29, 1.82) is 0 Å². The Balaban J connectivity index is 1.51. The first-order valence-corrected chi connectivity index (χ1v) is 10.4. The van der Waals surface area contributed by atoms with E-state index in [0.29, 0.717) is 35.9 Å². The number of nitrogens with zero attached hydrogens (tertiary/aromatic N) is 6. The lowest BCUT2D eigenvalue weighted by Crippen LogP contribution is -2.40. The Morgan fingerprint density at radius 1 is 1.06 bits per heavy atom. The molecule has 2 fully saturated rings. The van der Waals surface area contributed by atoms with Crippen LogP contribution in [0.2, 0.25) is 0 Å². The van der Waals surface area contributed by atoms with Gasteiger partial charge in [0.15, 0.2) is 5.82 Å². The highest BCUT2D eigenvalue weighted by atomic mass is 19.3. The number of nitrogens with two attached hydrogens (primary N) is 1. The molecule has 2 aromatic heterocycles. The van der Waals surface area contributed by atoms with Gasteiger partial charge < -0.3 is 15.7 Å². The fraction of sp³-hybridized carbons (Fsp3) is 0.550. The maximum atomic E-state index is 13.6. The lowest BCUT2D eigenvalue weighted by molar-refractivity contribution is -0.122. The smallest absolute Gasteiger partial charge is 0.251 e. The number of aliphatic hydroxyl groups excluding tert-OH is 1. The maximum absolute atomic E-state index is 13.6. The second-order valence-corrected chi connectivity index (χ2v) is 8.40. The molecule has 3 aliphatic rings. The summed E-state index contributed by atoms with van der Waals surface area (Å²) >= 11 is 0. The fourth-order valence-corrected chi connectivity index (χ4v) is 4.93. The third-order valence-electron chi connectivity index (χ3n) is 6.53. The summed E-state index contributed by atoms with van der Waals surface area (Å²) < 4.78 is 26.9. The highest BCUT2D eigenvalue weighted by Crippen LogP contribution is 2.54. The molecule has 1 amide bonds. The van der Waals surface area contributed by atoms with Gasteiger partial charge >= 0.3 is 0 Å². The number of carbonyl (C=O) groups excluding carboxylic acids is 1. The molecular formula is C20H23F2N7O2. The zero-order valence-corrected chi connectivity index (χ0v) is 16.9. The lowest BCUT2D eigenvalue weighted by atomic mass is 9.80. The molecule has 1 spiro atoms. The average molecular weight is 431 g/mol. The Hall–Kier alpha value is -2.95. The monoisotopic (exact) mass is 431 g/mol. The van der Waals surface area contributed by atoms with Crippen molar-refractivity contribution in [3.63, 3.8) is 0 Å². The van der Waals surface area contributed by atoms with E-state index in [-0.39, 0.29) is 43.5 Å². The van der Waals surface area contributed by atoms with Crippen LogP contribution in [-0.4, -0.2) is 50.0 Å². The summed E-state index contributed by atoms with van der Waals surface area (Å²) in [6, 6.07) is 0. The molecule has 1 aliphatic carbocycles. The van der Waals surface area contributed by atoms with Crippen LogP contribution in [0.1, 0.15) is 49.9 Å². The number of carbonyl (C=O) groups is 1. The highest BCUT2D eigenvalue weighted by molar-refractivity contribution is 6.13. The molecule has 1 saturated carbocycles. The van der Waals surface area contributed by atoms with E-state index >= 15 is 0 Å². The molecule has 2 aliphatic heterocycles. The number of nitrogen functional groups attached to an aromatic ring is 1. The number of anilines is 4. The summed E-state index contributed by atoms with van der Waals surface area (Å²) in [6.07, 6.45) is 5.63. The van der Waals surface area contributed by atoms with Crippen LogP contribution in [0.15, 0.2) is 12.4 Å². The molecule has 9 nitrogen and oxygen atoms in total. The molecule has 11 heteroatoms. The van der Waals surface area contributed by atoms with Gasteiger partial charge in [-0.2, -0.15) is 0 Å². The number of hydrogen-bond acceptors (Lipinski definition) is 8. The van der Waals surface area contributed by atoms with Crippen LogP contribution in [0, 0.1) is 0 Å². The minimum absolute atomic E-state index is 0.135. The number of hydrogen-bond donors (Lipinski definition) is 2. The Labute approximate surface area is 177 Å². The Bertz CT molecular complexity index is 1010. The van der Waals surface area contributed by atoms with Gasteiger partial charge in [-0.1, -0.05) is 12.8 Å². The minimum atomic E-state index is -2.65. The van der Waals surface area contributed by atoms with Crippen LogP contribution in [0.3, 0.4) is 0 Å². The van der Waals surface area contributed by atoms with Crippen LogP contribution in [0.5, 0.6) is 0 Å². The first-order chi connectivity index (χ1) is 14.8. The molecule has 164 valence electrons. The standard InChI is InChI=1S/C20H23F2N7O2/c21-20(22)5-7-28(8-6-20)18-24-9-12(10-25-18)29-16-14(15(23)26-13(11-30)27-16)19(17(29)31)3-1-2-4-19/h9-10,30H,1-8,11H2,(H2,23,26,27). The number of amides is 1. The van der Waals surface area contributed by atoms with Gasteiger partial charge in [0.25, 0.3) is 5.92 Å². The molecule has 31 heavy (non-hydrogen) atoms. The Kier molecular flexibility index (Phi) is 4.54. The van der Waals surface area contributed by atoms with Gasteiger partial charge in [0, 0.05) is 25.9 Å². The number of halogens is 2. The second kappa shape index (κ2) is 7.04. The number of alkyl halides is 2. The van der Waals surface area contributed by atoms with Crippen LogP contribution >= 0.6 is 0 Å². The third kappa shape index (κ3) is 3.10. The fourth-order valence-electron chi connectivity index (χ4n) is 4.93. The molecule has 2 aromatic rings. The van der Waals surface area contributed by atoms with Gasteiger partial charge in [0.05, 0.1) is 29.1 Å². The van der Waals surface area contributed by atoms with Crippen molar-refractivity contribution in [2.24, 2.45) is 0 Å². The van der Waals surface area contributed by atoms with Crippen molar-refractivity contribution < 1.29 is 18.7 Å². The van der Waals surface area contributed by atoms with Gasteiger partial charge in [0.2, 0.25) is 11.9 Å². The van der Waals surface area contributed by atoms with E-state index in [9.17, 15) is 18.7 Å². The predicted molar refractivity (Wildman–Crippen MR) is 108 cm³/mol. The highest BCUT2D eigenvalue weighted by Gasteiger charge is 2.55. The van der Waals surface area contributed by atoms with Gasteiger partial charge in [-0.15, -0.1) is 0 Å². The Morgan fingerprint density at radius 2 is 1.71 bits per heavy atom. The zero-order chi connectivity index (χ0) is 21.8. The van der Waals surface area contributed by atoms with E-state index in [4.69, 9.17) is 5.73 Å². The summed E-state index contributed by atoms with van der Waals surface area (Å²) in [5.41, 5.74) is 6.46. The van der Waals surface area contributed by atoms with Crippen molar-refractivity contribution in [3.8, 4) is 0 Å². The summed E-state index contributed by atoms with van der Waals surface area (Å²) in [7, 11) is 0. The minimum Gasteiger partial charge on any atom is -0.388 e. The quantitative estimate of drug-likeness (QED) is 0.758.